The monoisotopic (exact) mass is 573 g/mol. The summed E-state index contributed by atoms with van der Waals surface area (Å²) in [6.07, 6.45) is -4.18. The molecule has 2 N–H and O–H groups in total. The molecular formula is C27H23F4N5O5. The topological polar surface area (TPSA) is 123 Å². The van der Waals surface area contributed by atoms with E-state index in [2.05, 4.69) is 15.6 Å². The van der Waals surface area contributed by atoms with Crippen molar-refractivity contribution in [2.45, 2.75) is 63.1 Å². The molecule has 2 aromatic heterocycles. The summed E-state index contributed by atoms with van der Waals surface area (Å²) >= 11 is 0. The lowest BCUT2D eigenvalue weighted by atomic mass is 9.88. The zero-order chi connectivity index (χ0) is 29.1. The standard InChI is InChI=1S/C27H23F4N5O5/c28-22-14(3-4-15-12-35(25(39)21(15)22)18-5-6-20(37)34-24(18)38)11-33-26(40)41-17-9-16(10-17)36-19(27(29,30)31)8-13-2-1-7-32-23(13)36/h1-4,7-8,16-18H,5-6,9-12H2,(H,33,40)(H,34,37,38)/t16?,17?,18-/m0/s1. The van der Waals surface area contributed by atoms with Crippen molar-refractivity contribution in [2.24, 2.45) is 0 Å². The first-order valence-corrected chi connectivity index (χ1v) is 12.9. The zero-order valence-electron chi connectivity index (χ0n) is 21.3. The fourth-order valence-electron chi connectivity index (χ4n) is 5.64. The number of alkyl halides is 3. The Kier molecular flexibility index (Phi) is 6.42. The summed E-state index contributed by atoms with van der Waals surface area (Å²) in [4.78, 5) is 54.3. The summed E-state index contributed by atoms with van der Waals surface area (Å²) in [6.45, 7) is -0.289. The Morgan fingerprint density at radius 3 is 2.68 bits per heavy atom. The molecule has 4 amide bonds. The fraction of sp³-hybridized carbons (Fsp3) is 0.370. The molecule has 0 unspecified atom stereocenters. The molecule has 3 aromatic rings. The van der Waals surface area contributed by atoms with Crippen LogP contribution in [0.25, 0.3) is 11.0 Å². The third-order valence-electron chi connectivity index (χ3n) is 7.73. The van der Waals surface area contributed by atoms with Gasteiger partial charge in [0.25, 0.3) is 5.91 Å². The molecule has 1 aromatic carbocycles. The average molecular weight is 574 g/mol. The number of benzene rings is 1. The van der Waals surface area contributed by atoms with Gasteiger partial charge in [-0.25, -0.2) is 14.2 Å². The van der Waals surface area contributed by atoms with Crippen LogP contribution in [0.5, 0.6) is 0 Å². The van der Waals surface area contributed by atoms with Crippen molar-refractivity contribution in [3.05, 3.63) is 64.7 Å². The van der Waals surface area contributed by atoms with Crippen molar-refractivity contribution in [2.75, 3.05) is 0 Å². The van der Waals surface area contributed by atoms with E-state index in [4.69, 9.17) is 4.74 Å². The number of nitrogens with one attached hydrogen (secondary N) is 2. The number of ether oxygens (including phenoxy) is 1. The number of hydrogen-bond acceptors (Lipinski definition) is 6. The molecule has 2 aliphatic heterocycles. The van der Waals surface area contributed by atoms with Crippen LogP contribution in [-0.2, 0) is 33.6 Å². The van der Waals surface area contributed by atoms with Gasteiger partial charge in [0.2, 0.25) is 11.8 Å². The van der Waals surface area contributed by atoms with Crippen LogP contribution in [0, 0.1) is 5.82 Å². The molecule has 10 nitrogen and oxygen atoms in total. The van der Waals surface area contributed by atoms with Crippen molar-refractivity contribution in [1.82, 2.24) is 25.1 Å². The number of halogens is 4. The summed E-state index contributed by atoms with van der Waals surface area (Å²) in [5.74, 6) is -2.55. The molecule has 2 fully saturated rings. The summed E-state index contributed by atoms with van der Waals surface area (Å²) in [7, 11) is 0. The maximum Gasteiger partial charge on any atom is 0.431 e. The number of amides is 4. The second kappa shape index (κ2) is 9.85. The van der Waals surface area contributed by atoms with E-state index in [1.807, 2.05) is 0 Å². The van der Waals surface area contributed by atoms with E-state index >= 15 is 4.39 Å². The van der Waals surface area contributed by atoms with Crippen LogP contribution >= 0.6 is 0 Å². The zero-order valence-corrected chi connectivity index (χ0v) is 21.3. The second-order valence-corrected chi connectivity index (χ2v) is 10.3. The van der Waals surface area contributed by atoms with Gasteiger partial charge in [-0.15, -0.1) is 0 Å². The molecule has 1 aliphatic carbocycles. The smallest absolute Gasteiger partial charge is 0.431 e. The molecule has 1 saturated heterocycles. The first kappa shape index (κ1) is 26.7. The van der Waals surface area contributed by atoms with E-state index in [1.54, 1.807) is 12.1 Å². The second-order valence-electron chi connectivity index (χ2n) is 10.3. The number of carbonyl (C=O) groups is 4. The molecule has 14 heteroatoms. The Morgan fingerprint density at radius 2 is 1.95 bits per heavy atom. The minimum absolute atomic E-state index is 0.0121. The number of piperidine rings is 1. The van der Waals surface area contributed by atoms with Crippen LogP contribution in [0.1, 0.15) is 58.9 Å². The van der Waals surface area contributed by atoms with Gasteiger partial charge in [0, 0.05) is 55.5 Å². The van der Waals surface area contributed by atoms with Crippen LogP contribution in [0.3, 0.4) is 0 Å². The molecule has 3 aliphatic rings. The summed E-state index contributed by atoms with van der Waals surface area (Å²) < 4.78 is 62.6. The highest BCUT2D eigenvalue weighted by molar-refractivity contribution is 6.05. The minimum atomic E-state index is -4.58. The minimum Gasteiger partial charge on any atom is -0.446 e. The number of alkyl carbamates (subject to hydrolysis) is 1. The molecule has 41 heavy (non-hydrogen) atoms. The van der Waals surface area contributed by atoms with Crippen LogP contribution in [0.2, 0.25) is 0 Å². The van der Waals surface area contributed by atoms with Gasteiger partial charge in [0.05, 0.1) is 5.56 Å². The molecule has 6 rings (SSSR count). The summed E-state index contributed by atoms with van der Waals surface area (Å²) in [6, 6.07) is 5.65. The molecule has 214 valence electrons. The number of aromatic nitrogens is 2. The predicted molar refractivity (Wildman–Crippen MR) is 133 cm³/mol. The molecule has 0 radical (unpaired) electrons. The molecular weight excluding hydrogens is 550 g/mol. The highest BCUT2D eigenvalue weighted by Gasteiger charge is 2.43. The number of nitrogens with zero attached hydrogens (tertiary/aromatic N) is 3. The van der Waals surface area contributed by atoms with E-state index in [0.717, 1.165) is 10.6 Å². The third kappa shape index (κ3) is 4.76. The van der Waals surface area contributed by atoms with Crippen LogP contribution in [0.4, 0.5) is 22.4 Å². The Morgan fingerprint density at radius 1 is 1.17 bits per heavy atom. The van der Waals surface area contributed by atoms with E-state index in [1.165, 1.54) is 23.2 Å². The quantitative estimate of drug-likeness (QED) is 0.356. The molecule has 1 atom stereocenters. The van der Waals surface area contributed by atoms with E-state index < -0.39 is 59.7 Å². The van der Waals surface area contributed by atoms with Gasteiger partial charge in [-0.1, -0.05) is 12.1 Å². The first-order valence-electron chi connectivity index (χ1n) is 12.9. The lowest BCUT2D eigenvalue weighted by Crippen LogP contribution is -2.52. The van der Waals surface area contributed by atoms with Gasteiger partial charge in [-0.2, -0.15) is 13.2 Å². The summed E-state index contributed by atoms with van der Waals surface area (Å²) in [5, 5.41) is 4.96. The average Bonchev–Trinajstić information content (AvgIpc) is 3.44. The Bertz CT molecular complexity index is 1600. The first-order chi connectivity index (χ1) is 19.5. The van der Waals surface area contributed by atoms with Crippen LogP contribution in [0.15, 0.2) is 36.5 Å². The number of carbonyl (C=O) groups excluding carboxylic acids is 4. The van der Waals surface area contributed by atoms with Crippen molar-refractivity contribution in [1.29, 1.82) is 0 Å². The highest BCUT2D eigenvalue weighted by Crippen LogP contribution is 2.42. The SMILES string of the molecule is O=C1CC[C@H](N2Cc3ccc(CNC(=O)OC4CC(n5c(C(F)(F)F)cc6cccnc65)C4)c(F)c3C2=O)C(=O)N1. The Hall–Kier alpha value is -4.49. The van der Waals surface area contributed by atoms with Crippen molar-refractivity contribution >= 4 is 34.8 Å². The molecule has 4 heterocycles. The predicted octanol–water partition coefficient (Wildman–Crippen LogP) is 3.59. The molecule has 0 bridgehead atoms. The number of hydrogen-bond donors (Lipinski definition) is 2. The van der Waals surface area contributed by atoms with Crippen molar-refractivity contribution in [3.63, 3.8) is 0 Å². The van der Waals surface area contributed by atoms with E-state index in [-0.39, 0.29) is 55.5 Å². The van der Waals surface area contributed by atoms with Crippen molar-refractivity contribution < 1.29 is 41.5 Å². The largest absolute Gasteiger partial charge is 0.446 e. The van der Waals surface area contributed by atoms with Gasteiger partial charge in [-0.3, -0.25) is 19.7 Å². The maximum atomic E-state index is 15.3. The number of rotatable bonds is 5. The number of pyridine rings is 1. The highest BCUT2D eigenvalue weighted by atomic mass is 19.4. The lowest BCUT2D eigenvalue weighted by molar-refractivity contribution is -0.145. The number of fused-ring (bicyclic) bond motifs is 2. The van der Waals surface area contributed by atoms with Gasteiger partial charge in [-0.05, 0) is 30.2 Å². The third-order valence-corrected chi connectivity index (χ3v) is 7.73. The fourth-order valence-corrected chi connectivity index (χ4v) is 5.64. The van der Waals surface area contributed by atoms with Gasteiger partial charge >= 0.3 is 12.3 Å². The number of imide groups is 1. The van der Waals surface area contributed by atoms with Crippen LogP contribution < -0.4 is 10.6 Å². The molecule has 0 spiro atoms. The maximum absolute atomic E-state index is 15.3. The van der Waals surface area contributed by atoms with Crippen molar-refractivity contribution in [3.8, 4) is 0 Å². The normalized spacial score (nSPS) is 22.4. The van der Waals surface area contributed by atoms with Gasteiger partial charge < -0.3 is 19.5 Å². The Balaban J connectivity index is 1.06. The van der Waals surface area contributed by atoms with Gasteiger partial charge in [0.15, 0.2) is 0 Å². The van der Waals surface area contributed by atoms with Gasteiger partial charge in [0.1, 0.15) is 29.3 Å². The van der Waals surface area contributed by atoms with E-state index in [0.29, 0.717) is 10.9 Å². The Labute approximate surface area is 229 Å². The molecule has 1 saturated carbocycles. The lowest BCUT2D eigenvalue weighted by Gasteiger charge is -2.37. The van der Waals surface area contributed by atoms with Crippen LogP contribution in [-0.4, -0.2) is 50.4 Å². The van der Waals surface area contributed by atoms with E-state index in [9.17, 15) is 32.3 Å². The summed E-state index contributed by atoms with van der Waals surface area (Å²) in [5.41, 5.74) is -0.417.